The van der Waals surface area contributed by atoms with Crippen LogP contribution in [0.1, 0.15) is 27.7 Å². The fraction of sp³-hybridized carbons (Fsp3) is 0.714. The summed E-state index contributed by atoms with van der Waals surface area (Å²) in [5, 5.41) is 0. The van der Waals surface area contributed by atoms with Crippen molar-refractivity contribution in [3.05, 3.63) is 11.0 Å². The molecule has 1 nitrogen and oxygen atoms in total. The van der Waals surface area contributed by atoms with Crippen LogP contribution in [0, 0.1) is 0 Å². The summed E-state index contributed by atoms with van der Waals surface area (Å²) in [6, 6.07) is 0. The fourth-order valence-corrected chi connectivity index (χ4v) is 0.759. The molecule has 0 saturated carbocycles. The molecule has 10 heavy (non-hydrogen) atoms. The predicted molar refractivity (Wildman–Crippen MR) is 51.2 cm³/mol. The number of hydrogen-bond donors (Lipinski definition) is 1. The summed E-state index contributed by atoms with van der Waals surface area (Å²) in [5.74, 6) is 0. The van der Waals surface area contributed by atoms with E-state index in [1.54, 1.807) is 0 Å². The first-order chi connectivity index (χ1) is 4.45. The molecule has 0 amide bonds. The highest BCUT2D eigenvalue weighted by Gasteiger charge is 2.11. The molecule has 0 aliphatic heterocycles. The Morgan fingerprint density at radius 3 is 2.40 bits per heavy atom. The van der Waals surface area contributed by atoms with E-state index in [1.165, 1.54) is 12.0 Å². The Kier molecular flexibility index (Phi) is 4.49. The third-order valence-electron chi connectivity index (χ3n) is 0.784. The van der Waals surface area contributed by atoms with Crippen molar-refractivity contribution in [1.82, 2.24) is 0 Å². The first-order valence-electron chi connectivity index (χ1n) is 3.16. The molecule has 0 rings (SSSR count). The van der Waals surface area contributed by atoms with Gasteiger partial charge in [-0.3, -0.25) is 4.18 Å². The van der Waals surface area contributed by atoms with E-state index in [9.17, 15) is 0 Å². The van der Waals surface area contributed by atoms with Crippen LogP contribution in [0.4, 0.5) is 0 Å². The average Bonchev–Trinajstić information content (AvgIpc) is 1.81. The van der Waals surface area contributed by atoms with E-state index in [2.05, 4.69) is 12.6 Å². The number of allylic oxidation sites excluding steroid dienone is 2. The Labute approximate surface area is 72.8 Å². The van der Waals surface area contributed by atoms with Crippen molar-refractivity contribution in [1.29, 1.82) is 0 Å². The van der Waals surface area contributed by atoms with Crippen LogP contribution in [0.5, 0.6) is 0 Å². The van der Waals surface area contributed by atoms with Crippen molar-refractivity contribution in [3.63, 3.8) is 0 Å². The maximum absolute atomic E-state index is 5.29. The van der Waals surface area contributed by atoms with E-state index in [0.29, 0.717) is 0 Å². The second-order valence-corrected chi connectivity index (χ2v) is 4.57. The topological polar surface area (TPSA) is 9.23 Å². The van der Waals surface area contributed by atoms with Gasteiger partial charge in [0.2, 0.25) is 0 Å². The summed E-state index contributed by atoms with van der Waals surface area (Å²) in [5.41, 5.74) is 0. The molecule has 0 aliphatic rings. The van der Waals surface area contributed by atoms with Crippen molar-refractivity contribution in [2.45, 2.75) is 32.6 Å². The van der Waals surface area contributed by atoms with Crippen LogP contribution in [0.25, 0.3) is 0 Å². The fourth-order valence-electron chi connectivity index (χ4n) is 0.216. The largest absolute Gasteiger partial charge is 0.294 e. The van der Waals surface area contributed by atoms with Gasteiger partial charge in [-0.15, -0.1) is 12.6 Å². The summed E-state index contributed by atoms with van der Waals surface area (Å²) >= 11 is 5.57. The molecule has 3 heteroatoms. The van der Waals surface area contributed by atoms with Gasteiger partial charge in [0.15, 0.2) is 0 Å². The van der Waals surface area contributed by atoms with E-state index < -0.39 is 0 Å². The van der Waals surface area contributed by atoms with Gasteiger partial charge < -0.3 is 0 Å². The Bertz CT molecular complexity index is 124. The SMILES string of the molecule is CC=C(C)SOC(C)(C)S. The van der Waals surface area contributed by atoms with Crippen LogP contribution in [0.3, 0.4) is 0 Å². The summed E-state index contributed by atoms with van der Waals surface area (Å²) in [4.78, 5) is 0.802. The molecule has 0 saturated heterocycles. The molecule has 0 heterocycles. The first kappa shape index (κ1) is 10.4. The highest BCUT2D eigenvalue weighted by Crippen LogP contribution is 2.26. The standard InChI is InChI=1S/C7H14OS2/c1-5-6(2)10-8-7(3,4)9/h5,9H,1-4H3. The van der Waals surface area contributed by atoms with Crippen molar-refractivity contribution in [2.75, 3.05) is 0 Å². The molecule has 60 valence electrons. The summed E-state index contributed by atoms with van der Waals surface area (Å²) in [6.07, 6.45) is 2.00. The van der Waals surface area contributed by atoms with E-state index in [4.69, 9.17) is 4.18 Å². The minimum absolute atomic E-state index is 0.352. The van der Waals surface area contributed by atoms with Crippen LogP contribution in [0.2, 0.25) is 0 Å². The van der Waals surface area contributed by atoms with Crippen LogP contribution in [-0.4, -0.2) is 4.93 Å². The van der Waals surface area contributed by atoms with Crippen molar-refractivity contribution < 1.29 is 4.18 Å². The lowest BCUT2D eigenvalue weighted by molar-refractivity contribution is 0.254. The average molecular weight is 178 g/mol. The van der Waals surface area contributed by atoms with E-state index in [0.717, 1.165) is 4.91 Å². The quantitative estimate of drug-likeness (QED) is 0.403. The van der Waals surface area contributed by atoms with Gasteiger partial charge in [-0.1, -0.05) is 6.08 Å². The smallest absolute Gasteiger partial charge is 0.120 e. The molecule has 0 atom stereocenters. The molecule has 0 fully saturated rings. The van der Waals surface area contributed by atoms with Gasteiger partial charge in [-0.05, 0) is 27.7 Å². The first-order valence-corrected chi connectivity index (χ1v) is 4.35. The predicted octanol–water partition coefficient (Wildman–Crippen LogP) is 3.24. The van der Waals surface area contributed by atoms with Gasteiger partial charge in [0, 0.05) is 16.9 Å². The Hall–Kier alpha value is 0.400. The summed E-state index contributed by atoms with van der Waals surface area (Å²) in [7, 11) is 0. The lowest BCUT2D eigenvalue weighted by atomic mass is 10.5. The van der Waals surface area contributed by atoms with Crippen LogP contribution in [0.15, 0.2) is 11.0 Å². The molecule has 0 bridgehead atoms. The molecular weight excluding hydrogens is 164 g/mol. The molecule has 0 N–H and O–H groups in total. The van der Waals surface area contributed by atoms with Crippen LogP contribution in [-0.2, 0) is 4.18 Å². The van der Waals surface area contributed by atoms with Crippen LogP contribution < -0.4 is 0 Å². The van der Waals surface area contributed by atoms with E-state index >= 15 is 0 Å². The molecule has 0 unspecified atom stereocenters. The minimum Gasteiger partial charge on any atom is -0.294 e. The van der Waals surface area contributed by atoms with Gasteiger partial charge in [0.25, 0.3) is 0 Å². The third kappa shape index (κ3) is 6.52. The van der Waals surface area contributed by atoms with Gasteiger partial charge in [0.1, 0.15) is 4.93 Å². The minimum atomic E-state index is -0.352. The maximum atomic E-state index is 5.29. The summed E-state index contributed by atoms with van der Waals surface area (Å²) in [6.45, 7) is 7.81. The molecule has 0 spiro atoms. The molecule has 0 radical (unpaired) electrons. The second kappa shape index (κ2) is 4.31. The highest BCUT2D eigenvalue weighted by atomic mass is 32.2. The zero-order chi connectivity index (χ0) is 8.20. The van der Waals surface area contributed by atoms with Crippen molar-refractivity contribution in [2.24, 2.45) is 0 Å². The zero-order valence-corrected chi connectivity index (χ0v) is 8.55. The number of thiol groups is 1. The second-order valence-electron chi connectivity index (χ2n) is 2.51. The number of rotatable bonds is 3. The normalized spacial score (nSPS) is 13.9. The van der Waals surface area contributed by atoms with E-state index in [-0.39, 0.29) is 4.93 Å². The Morgan fingerprint density at radius 1 is 1.60 bits per heavy atom. The Balaban J connectivity index is 3.56. The van der Waals surface area contributed by atoms with Crippen molar-refractivity contribution >= 4 is 24.7 Å². The monoisotopic (exact) mass is 178 g/mol. The number of hydrogen-bond acceptors (Lipinski definition) is 3. The van der Waals surface area contributed by atoms with E-state index in [1.807, 2.05) is 33.8 Å². The molecule has 0 aromatic carbocycles. The zero-order valence-electron chi connectivity index (χ0n) is 6.84. The Morgan fingerprint density at radius 2 is 2.10 bits per heavy atom. The maximum Gasteiger partial charge on any atom is 0.120 e. The summed E-state index contributed by atoms with van der Waals surface area (Å²) < 4.78 is 5.29. The lowest BCUT2D eigenvalue weighted by Crippen LogP contribution is -2.10. The van der Waals surface area contributed by atoms with Crippen molar-refractivity contribution in [3.8, 4) is 0 Å². The van der Waals surface area contributed by atoms with Gasteiger partial charge in [0.05, 0.1) is 0 Å². The van der Waals surface area contributed by atoms with Crippen LogP contribution >= 0.6 is 24.7 Å². The lowest BCUT2D eigenvalue weighted by Gasteiger charge is -2.16. The van der Waals surface area contributed by atoms with Gasteiger partial charge in [-0.2, -0.15) is 0 Å². The molecular formula is C7H14OS2. The molecule has 0 aromatic rings. The van der Waals surface area contributed by atoms with Gasteiger partial charge in [-0.25, -0.2) is 0 Å². The van der Waals surface area contributed by atoms with Gasteiger partial charge >= 0.3 is 0 Å². The molecule has 0 aromatic heterocycles. The highest BCUT2D eigenvalue weighted by molar-refractivity contribution is 7.99. The molecule has 0 aliphatic carbocycles. The third-order valence-corrected chi connectivity index (χ3v) is 2.00.